The highest BCUT2D eigenvalue weighted by Gasteiger charge is 1.74. The maximum Gasteiger partial charge on any atom is 0.0733 e. The van der Waals surface area contributed by atoms with Crippen LogP contribution in [0.3, 0.4) is 0 Å². The van der Waals surface area contributed by atoms with Crippen LogP contribution in [-0.2, 0) is 0 Å². The maximum atomic E-state index is 5.26. The van der Waals surface area contributed by atoms with Crippen molar-refractivity contribution in [3.8, 4) is 0 Å². The molecule has 0 rings (SSSR count). The van der Waals surface area contributed by atoms with Crippen molar-refractivity contribution in [1.82, 2.24) is 4.90 Å². The van der Waals surface area contributed by atoms with Gasteiger partial charge in [0.15, 0.2) is 0 Å². The van der Waals surface area contributed by atoms with E-state index in [9.17, 15) is 0 Å². The zero-order valence-electron chi connectivity index (χ0n) is 4.52. The van der Waals surface area contributed by atoms with Gasteiger partial charge in [-0.25, -0.2) is 0 Å². The van der Waals surface area contributed by atoms with Crippen LogP contribution in [0, 0.1) is 0 Å². The van der Waals surface area contributed by atoms with Crippen molar-refractivity contribution >= 4 is 41.4 Å². The van der Waals surface area contributed by atoms with Crippen molar-refractivity contribution in [3.05, 3.63) is 0 Å². The van der Waals surface area contributed by atoms with E-state index in [1.807, 2.05) is 19.0 Å². The van der Waals surface area contributed by atoms with Gasteiger partial charge in [-0.2, -0.15) is 0 Å². The van der Waals surface area contributed by atoms with Gasteiger partial charge in [-0.15, -0.1) is 24.0 Å². The molecule has 0 atom stereocenters. The molecule has 0 amide bonds. The van der Waals surface area contributed by atoms with Crippen molar-refractivity contribution in [3.63, 3.8) is 0 Å². The van der Waals surface area contributed by atoms with Crippen LogP contribution >= 0.6 is 24.0 Å². The quantitative estimate of drug-likeness (QED) is 0.309. The number of hydrogen-bond acceptors (Lipinski definition) is 1. The Kier molecular flexibility index (Phi) is 22.7. The Labute approximate surface area is 66.6 Å². The smallest absolute Gasteiger partial charge is 0.0733 e. The van der Waals surface area contributed by atoms with Crippen molar-refractivity contribution < 1.29 is 0 Å². The van der Waals surface area contributed by atoms with E-state index in [0.29, 0.717) is 6.00 Å². The minimum Gasteiger partial charge on any atom is -0.296 e. The molecule has 0 aromatic rings. The van der Waals surface area contributed by atoms with Crippen LogP contribution in [0.15, 0.2) is 0 Å². The first-order valence-electron chi connectivity index (χ1n) is 1.48. The van der Waals surface area contributed by atoms with Gasteiger partial charge in [-0.05, 0) is 14.1 Å². The van der Waals surface area contributed by atoms with Crippen LogP contribution in [0.2, 0.25) is 0 Å². The summed E-state index contributed by atoms with van der Waals surface area (Å²) in [6.45, 7) is 0. The molecule has 0 aliphatic heterocycles. The van der Waals surface area contributed by atoms with Gasteiger partial charge in [0, 0.05) is 17.4 Å². The van der Waals surface area contributed by atoms with Gasteiger partial charge in [0.2, 0.25) is 0 Å². The second-order valence-electron chi connectivity index (χ2n) is 1.20. The van der Waals surface area contributed by atoms with Crippen LogP contribution in [0.25, 0.3) is 0 Å². The first-order valence-corrected chi connectivity index (χ1v) is 2.01. The molecule has 1 nitrogen and oxygen atoms in total. The van der Waals surface area contributed by atoms with Gasteiger partial charge < -0.3 is 0 Å². The Bertz CT molecular complexity index is 26.9. The molecule has 0 fully saturated rings. The first-order chi connectivity index (χ1) is 2.27. The van der Waals surface area contributed by atoms with Crippen LogP contribution in [0.1, 0.15) is 0 Å². The van der Waals surface area contributed by atoms with Gasteiger partial charge in [0.25, 0.3) is 0 Å². The van der Waals surface area contributed by atoms with Gasteiger partial charge in [-0.1, -0.05) is 0 Å². The molecule has 0 aromatic heterocycles. The zero-order chi connectivity index (χ0) is 4.28. The molecule has 0 unspecified atom stereocenters. The van der Waals surface area contributed by atoms with E-state index in [-0.39, 0.29) is 29.8 Å². The monoisotopic (exact) mass is 156 g/mol. The van der Waals surface area contributed by atoms with Gasteiger partial charge in [-0.3, -0.25) is 4.90 Å². The number of alkyl halides is 1. The highest BCUT2D eigenvalue weighted by atomic mass is 35.5. The van der Waals surface area contributed by atoms with E-state index >= 15 is 0 Å². The first kappa shape index (κ1) is 15.7. The predicted molar refractivity (Wildman–Crippen MR) is 37.4 cm³/mol. The Morgan fingerprint density at radius 1 is 1.43 bits per heavy atom. The summed E-state index contributed by atoms with van der Waals surface area (Å²) >= 11 is 5.26. The largest absolute Gasteiger partial charge is 0.296 e. The van der Waals surface area contributed by atoms with Gasteiger partial charge in [0.05, 0.1) is 6.00 Å². The van der Waals surface area contributed by atoms with Crippen LogP contribution in [0.4, 0.5) is 0 Å². The van der Waals surface area contributed by atoms with Crippen LogP contribution < -0.4 is 0 Å². The van der Waals surface area contributed by atoms with E-state index < -0.39 is 0 Å². The topological polar surface area (TPSA) is 3.24 Å². The van der Waals surface area contributed by atoms with E-state index in [0.717, 1.165) is 0 Å². The van der Waals surface area contributed by atoms with Crippen LogP contribution in [0.5, 0.6) is 0 Å². The van der Waals surface area contributed by atoms with Crippen molar-refractivity contribution in [1.29, 1.82) is 0 Å². The summed E-state index contributed by atoms with van der Waals surface area (Å²) < 4.78 is 0. The minimum absolute atomic E-state index is 0. The molecule has 0 aliphatic carbocycles. The standard InChI is InChI=1S/C3H8ClN.Al.ClH/c1-5(2)3-4;;/h3H2,1-2H3;;1H. The Morgan fingerprint density at radius 2 is 1.57 bits per heavy atom. The third kappa shape index (κ3) is 19.3. The molecular weight excluding hydrogens is 148 g/mol. The average molecular weight is 157 g/mol. The summed E-state index contributed by atoms with van der Waals surface area (Å²) in [5.74, 6) is 0. The van der Waals surface area contributed by atoms with Crippen molar-refractivity contribution in [2.75, 3.05) is 20.1 Å². The third-order valence-corrected chi connectivity index (χ3v) is 0.717. The Hall–Kier alpha value is 1.07. The van der Waals surface area contributed by atoms with E-state index in [4.69, 9.17) is 11.6 Å². The van der Waals surface area contributed by atoms with Gasteiger partial charge in [0.1, 0.15) is 0 Å². The molecule has 7 heavy (non-hydrogen) atoms. The van der Waals surface area contributed by atoms with Gasteiger partial charge >= 0.3 is 0 Å². The number of halogens is 2. The molecule has 0 bridgehead atoms. The maximum absolute atomic E-state index is 5.26. The molecule has 0 aliphatic rings. The molecule has 0 saturated heterocycles. The number of hydrogen-bond donors (Lipinski definition) is 0. The molecule has 3 radical (unpaired) electrons. The number of rotatable bonds is 1. The fourth-order valence-corrected chi connectivity index (χ4v) is 0. The lowest BCUT2D eigenvalue weighted by Gasteiger charge is -1.97. The second-order valence-corrected chi connectivity index (χ2v) is 1.44. The minimum atomic E-state index is 0. The molecule has 0 N–H and O–H groups in total. The zero-order valence-corrected chi connectivity index (χ0v) is 7.25. The van der Waals surface area contributed by atoms with Crippen LogP contribution in [-0.4, -0.2) is 42.4 Å². The highest BCUT2D eigenvalue weighted by molar-refractivity contribution is 6.17. The summed E-state index contributed by atoms with van der Waals surface area (Å²) in [4.78, 5) is 1.89. The van der Waals surface area contributed by atoms with Crippen molar-refractivity contribution in [2.45, 2.75) is 0 Å². The average Bonchev–Trinajstić information content (AvgIpc) is 1.38. The molecule has 0 spiro atoms. The SMILES string of the molecule is CN(C)CCl.Cl.[Al]. The summed E-state index contributed by atoms with van der Waals surface area (Å²) in [5.41, 5.74) is 0. The Balaban J connectivity index is -0.0000000800. The second kappa shape index (κ2) is 10.1. The normalized spacial score (nSPS) is 6.86. The number of nitrogens with zero attached hydrogens (tertiary/aromatic N) is 1. The molecule has 4 heteroatoms. The molecule has 0 aromatic carbocycles. The molecular formula is C3H9AlCl2N. The summed E-state index contributed by atoms with van der Waals surface area (Å²) in [5, 5.41) is 0. The summed E-state index contributed by atoms with van der Waals surface area (Å²) in [7, 11) is 3.85. The summed E-state index contributed by atoms with van der Waals surface area (Å²) in [6.07, 6.45) is 0. The molecule has 0 saturated carbocycles. The van der Waals surface area contributed by atoms with E-state index in [1.54, 1.807) is 0 Å². The predicted octanol–water partition coefficient (Wildman–Crippen LogP) is 0.785. The lowest BCUT2D eigenvalue weighted by atomic mass is 11.0. The van der Waals surface area contributed by atoms with E-state index in [2.05, 4.69) is 0 Å². The third-order valence-electron chi connectivity index (χ3n) is 0.239. The fourth-order valence-electron chi connectivity index (χ4n) is 0. The molecule has 0 heterocycles. The van der Waals surface area contributed by atoms with E-state index in [1.165, 1.54) is 0 Å². The summed E-state index contributed by atoms with van der Waals surface area (Å²) in [6, 6.07) is 0.611. The molecule has 43 valence electrons. The fraction of sp³-hybridized carbons (Fsp3) is 1.00. The lowest BCUT2D eigenvalue weighted by Crippen LogP contribution is -2.06. The highest BCUT2D eigenvalue weighted by Crippen LogP contribution is 1.74. The Morgan fingerprint density at radius 3 is 1.57 bits per heavy atom. The lowest BCUT2D eigenvalue weighted by molar-refractivity contribution is 0.481. The van der Waals surface area contributed by atoms with Crippen molar-refractivity contribution in [2.24, 2.45) is 0 Å².